The smallest absolute Gasteiger partial charge is 0.251 e. The Morgan fingerprint density at radius 1 is 1.36 bits per heavy atom. The number of alkyl halides is 1. The quantitative estimate of drug-likeness (QED) is 0.798. The average Bonchev–Trinajstić information content (AvgIpc) is 2.26. The summed E-state index contributed by atoms with van der Waals surface area (Å²) < 4.78 is 0. The molecule has 76 valence electrons. The van der Waals surface area contributed by atoms with Crippen LogP contribution in [0.2, 0.25) is 0 Å². The van der Waals surface area contributed by atoms with E-state index < -0.39 is 0 Å². The number of carbonyl (C=O) groups excluding carboxylic acids is 1. The molecule has 0 aliphatic rings. The molecule has 1 aromatic carbocycles. The van der Waals surface area contributed by atoms with Crippen LogP contribution in [-0.4, -0.2) is 19.0 Å². The predicted molar refractivity (Wildman–Crippen MR) is 60.5 cm³/mol. The van der Waals surface area contributed by atoms with E-state index in [2.05, 4.69) is 21.2 Å². The maximum Gasteiger partial charge on any atom is 0.251 e. The lowest BCUT2D eigenvalue weighted by Crippen LogP contribution is -2.28. The summed E-state index contributed by atoms with van der Waals surface area (Å²) in [6, 6.07) is 7.46. The Hall–Kier alpha value is -0.870. The first kappa shape index (κ1) is 11.2. The van der Waals surface area contributed by atoms with Gasteiger partial charge in [0.1, 0.15) is 0 Å². The van der Waals surface area contributed by atoms with Crippen molar-refractivity contribution in [2.75, 3.05) is 13.1 Å². The molecule has 0 heterocycles. The van der Waals surface area contributed by atoms with Gasteiger partial charge in [-0.05, 0) is 17.7 Å². The molecule has 1 amide bonds. The summed E-state index contributed by atoms with van der Waals surface area (Å²) in [7, 11) is 0. The molecule has 4 heteroatoms. The first-order valence-electron chi connectivity index (χ1n) is 4.41. The second-order valence-corrected chi connectivity index (χ2v) is 3.44. The van der Waals surface area contributed by atoms with Crippen LogP contribution in [-0.2, 0) is 5.33 Å². The topological polar surface area (TPSA) is 55.1 Å². The summed E-state index contributed by atoms with van der Waals surface area (Å²) in [5, 5.41) is 3.51. The van der Waals surface area contributed by atoms with Gasteiger partial charge in [0.15, 0.2) is 0 Å². The molecular formula is C10H13BrN2O. The first-order valence-corrected chi connectivity index (χ1v) is 5.53. The van der Waals surface area contributed by atoms with Gasteiger partial charge < -0.3 is 11.1 Å². The summed E-state index contributed by atoms with van der Waals surface area (Å²) in [5.41, 5.74) is 7.10. The molecule has 0 aromatic heterocycles. The van der Waals surface area contributed by atoms with Crippen LogP contribution in [0.15, 0.2) is 24.3 Å². The highest BCUT2D eigenvalue weighted by molar-refractivity contribution is 9.08. The fourth-order valence-electron chi connectivity index (χ4n) is 1.03. The number of hydrogen-bond acceptors (Lipinski definition) is 2. The van der Waals surface area contributed by atoms with E-state index in [1.165, 1.54) is 0 Å². The molecule has 1 aromatic rings. The molecule has 0 fully saturated rings. The predicted octanol–water partition coefficient (Wildman–Crippen LogP) is 1.27. The summed E-state index contributed by atoms with van der Waals surface area (Å²) in [5.74, 6) is -0.0726. The number of halogens is 1. The molecule has 3 nitrogen and oxygen atoms in total. The van der Waals surface area contributed by atoms with Crippen LogP contribution in [0.3, 0.4) is 0 Å². The Morgan fingerprint density at radius 2 is 2.00 bits per heavy atom. The first-order chi connectivity index (χ1) is 6.77. The Kier molecular flexibility index (Phi) is 4.62. The highest BCUT2D eigenvalue weighted by atomic mass is 79.9. The van der Waals surface area contributed by atoms with Crippen LogP contribution < -0.4 is 11.1 Å². The third kappa shape index (κ3) is 3.12. The Bertz CT molecular complexity index is 297. The zero-order chi connectivity index (χ0) is 10.4. The van der Waals surface area contributed by atoms with Crippen molar-refractivity contribution in [1.29, 1.82) is 0 Å². The van der Waals surface area contributed by atoms with E-state index >= 15 is 0 Å². The van der Waals surface area contributed by atoms with E-state index in [9.17, 15) is 4.79 Å². The number of nitrogens with two attached hydrogens (primary N) is 1. The molecule has 1 rings (SSSR count). The third-order valence-corrected chi connectivity index (χ3v) is 2.45. The lowest BCUT2D eigenvalue weighted by molar-refractivity contribution is 0.0955. The van der Waals surface area contributed by atoms with Gasteiger partial charge in [0.05, 0.1) is 0 Å². The number of nitrogens with one attached hydrogen (secondary N) is 1. The zero-order valence-corrected chi connectivity index (χ0v) is 9.38. The van der Waals surface area contributed by atoms with E-state index in [1.807, 2.05) is 24.3 Å². The van der Waals surface area contributed by atoms with Gasteiger partial charge in [-0.2, -0.15) is 0 Å². The second-order valence-electron chi connectivity index (χ2n) is 2.88. The van der Waals surface area contributed by atoms with E-state index in [0.29, 0.717) is 18.7 Å². The average molecular weight is 257 g/mol. The number of hydrogen-bond donors (Lipinski definition) is 2. The van der Waals surface area contributed by atoms with E-state index in [4.69, 9.17) is 5.73 Å². The summed E-state index contributed by atoms with van der Waals surface area (Å²) in [6.07, 6.45) is 0. The van der Waals surface area contributed by atoms with Gasteiger partial charge in [-0.1, -0.05) is 28.1 Å². The van der Waals surface area contributed by atoms with Gasteiger partial charge in [-0.15, -0.1) is 0 Å². The highest BCUT2D eigenvalue weighted by Gasteiger charge is 2.02. The van der Waals surface area contributed by atoms with E-state index in [0.717, 1.165) is 10.9 Å². The van der Waals surface area contributed by atoms with E-state index in [-0.39, 0.29) is 5.91 Å². The highest BCUT2D eigenvalue weighted by Crippen LogP contribution is 2.07. The van der Waals surface area contributed by atoms with Crippen LogP contribution in [0.4, 0.5) is 0 Å². The Balaban J connectivity index is 2.62. The molecule has 0 atom stereocenters. The second kappa shape index (κ2) is 5.78. The standard InChI is InChI=1S/C10H13BrN2O/c11-7-8-1-3-9(4-2-8)10(14)13-6-5-12/h1-4H,5-7,12H2,(H,13,14). The van der Waals surface area contributed by atoms with Gasteiger partial charge in [0, 0.05) is 24.0 Å². The van der Waals surface area contributed by atoms with Crippen molar-refractivity contribution in [3.8, 4) is 0 Å². The molecule has 0 aliphatic heterocycles. The minimum Gasteiger partial charge on any atom is -0.351 e. The van der Waals surface area contributed by atoms with Gasteiger partial charge in [-0.3, -0.25) is 4.79 Å². The van der Waals surface area contributed by atoms with Crippen LogP contribution in [0.5, 0.6) is 0 Å². The summed E-state index contributed by atoms with van der Waals surface area (Å²) >= 11 is 3.34. The van der Waals surface area contributed by atoms with Gasteiger partial charge in [-0.25, -0.2) is 0 Å². The van der Waals surface area contributed by atoms with Crippen molar-refractivity contribution in [2.24, 2.45) is 5.73 Å². The molecule has 0 aliphatic carbocycles. The number of amides is 1. The van der Waals surface area contributed by atoms with Crippen molar-refractivity contribution in [3.05, 3.63) is 35.4 Å². The molecule has 0 saturated carbocycles. The fourth-order valence-corrected chi connectivity index (χ4v) is 1.41. The van der Waals surface area contributed by atoms with Crippen LogP contribution >= 0.6 is 15.9 Å². The van der Waals surface area contributed by atoms with Crippen molar-refractivity contribution in [1.82, 2.24) is 5.32 Å². The molecule has 0 unspecified atom stereocenters. The van der Waals surface area contributed by atoms with Crippen molar-refractivity contribution in [2.45, 2.75) is 5.33 Å². The Morgan fingerprint density at radius 3 is 2.50 bits per heavy atom. The molecule has 0 radical (unpaired) electrons. The normalized spacial score (nSPS) is 9.86. The zero-order valence-electron chi connectivity index (χ0n) is 7.79. The molecule has 3 N–H and O–H groups in total. The monoisotopic (exact) mass is 256 g/mol. The fraction of sp³-hybridized carbons (Fsp3) is 0.300. The third-order valence-electron chi connectivity index (χ3n) is 1.80. The number of benzene rings is 1. The largest absolute Gasteiger partial charge is 0.351 e. The van der Waals surface area contributed by atoms with Gasteiger partial charge >= 0.3 is 0 Å². The minimum atomic E-state index is -0.0726. The molecule has 0 spiro atoms. The molecule has 0 saturated heterocycles. The lowest BCUT2D eigenvalue weighted by Gasteiger charge is -2.03. The van der Waals surface area contributed by atoms with Gasteiger partial charge in [0.25, 0.3) is 5.91 Å². The minimum absolute atomic E-state index is 0.0726. The maximum absolute atomic E-state index is 11.4. The SMILES string of the molecule is NCCNC(=O)c1ccc(CBr)cc1. The molecule has 0 bridgehead atoms. The summed E-state index contributed by atoms with van der Waals surface area (Å²) in [4.78, 5) is 11.4. The van der Waals surface area contributed by atoms with Crippen LogP contribution in [0.25, 0.3) is 0 Å². The van der Waals surface area contributed by atoms with E-state index in [1.54, 1.807) is 0 Å². The van der Waals surface area contributed by atoms with Crippen molar-refractivity contribution < 1.29 is 4.79 Å². The van der Waals surface area contributed by atoms with Crippen molar-refractivity contribution in [3.63, 3.8) is 0 Å². The lowest BCUT2D eigenvalue weighted by atomic mass is 10.1. The number of rotatable bonds is 4. The maximum atomic E-state index is 11.4. The molecular weight excluding hydrogens is 244 g/mol. The summed E-state index contributed by atoms with van der Waals surface area (Å²) in [6.45, 7) is 0.976. The number of carbonyl (C=O) groups is 1. The van der Waals surface area contributed by atoms with Crippen molar-refractivity contribution >= 4 is 21.8 Å². The van der Waals surface area contributed by atoms with Gasteiger partial charge in [0.2, 0.25) is 0 Å². The Labute approximate surface area is 91.8 Å². The van der Waals surface area contributed by atoms with Crippen LogP contribution in [0.1, 0.15) is 15.9 Å². The molecule has 14 heavy (non-hydrogen) atoms. The van der Waals surface area contributed by atoms with Crippen LogP contribution in [0, 0.1) is 0 Å².